The Bertz CT molecular complexity index is 572. The number of rotatable bonds is 1. The highest BCUT2D eigenvalue weighted by molar-refractivity contribution is 5.83. The zero-order valence-corrected chi connectivity index (χ0v) is 8.41. The van der Waals surface area contributed by atoms with Crippen molar-refractivity contribution in [3.05, 3.63) is 23.3 Å². The van der Waals surface area contributed by atoms with Crippen molar-refractivity contribution in [3.8, 4) is 6.07 Å². The third-order valence-corrected chi connectivity index (χ3v) is 2.78. The highest BCUT2D eigenvalue weighted by Gasteiger charge is 2.29. The van der Waals surface area contributed by atoms with Crippen molar-refractivity contribution in [3.63, 3.8) is 0 Å². The van der Waals surface area contributed by atoms with Crippen molar-refractivity contribution < 1.29 is 0 Å². The summed E-state index contributed by atoms with van der Waals surface area (Å²) in [6.07, 6.45) is 4.10. The molecule has 4 nitrogen and oxygen atoms in total. The van der Waals surface area contributed by atoms with Crippen molar-refractivity contribution in [1.82, 2.24) is 15.0 Å². The molecule has 1 N–H and O–H groups in total. The summed E-state index contributed by atoms with van der Waals surface area (Å²) >= 11 is 0. The number of fused-ring (bicyclic) bond motifs is 1. The Morgan fingerprint density at radius 1 is 1.53 bits per heavy atom. The van der Waals surface area contributed by atoms with E-state index in [9.17, 15) is 0 Å². The number of hydrogen-bond acceptors (Lipinski definition) is 3. The van der Waals surface area contributed by atoms with E-state index in [0.717, 1.165) is 16.7 Å². The molecule has 74 valence electrons. The summed E-state index contributed by atoms with van der Waals surface area (Å²) in [7, 11) is 0. The van der Waals surface area contributed by atoms with Crippen LogP contribution in [0.4, 0.5) is 0 Å². The van der Waals surface area contributed by atoms with Crippen LogP contribution in [0, 0.1) is 18.3 Å². The van der Waals surface area contributed by atoms with Crippen molar-refractivity contribution in [2.75, 3.05) is 0 Å². The maximum absolute atomic E-state index is 9.14. The summed E-state index contributed by atoms with van der Waals surface area (Å²) in [5, 5.41) is 9.14. The van der Waals surface area contributed by atoms with Gasteiger partial charge >= 0.3 is 0 Å². The van der Waals surface area contributed by atoms with Crippen LogP contribution in [0.2, 0.25) is 0 Å². The van der Waals surface area contributed by atoms with Gasteiger partial charge in [-0.15, -0.1) is 0 Å². The smallest absolute Gasteiger partial charge is 0.126 e. The Morgan fingerprint density at radius 3 is 3.00 bits per heavy atom. The third-order valence-electron chi connectivity index (χ3n) is 2.78. The first kappa shape index (κ1) is 8.42. The number of nitriles is 1. The first-order chi connectivity index (χ1) is 7.29. The summed E-state index contributed by atoms with van der Waals surface area (Å²) in [5.74, 6) is 1.24. The van der Waals surface area contributed by atoms with E-state index in [2.05, 4.69) is 21.0 Å². The molecular weight excluding hydrogens is 188 g/mol. The van der Waals surface area contributed by atoms with E-state index in [1.165, 1.54) is 12.8 Å². The molecule has 1 fully saturated rings. The maximum Gasteiger partial charge on any atom is 0.126 e. The second-order valence-corrected chi connectivity index (χ2v) is 3.98. The van der Waals surface area contributed by atoms with E-state index in [1.54, 1.807) is 6.20 Å². The molecule has 0 aliphatic heterocycles. The number of aromatic nitrogens is 3. The Hall–Kier alpha value is -1.89. The van der Waals surface area contributed by atoms with E-state index >= 15 is 0 Å². The molecule has 2 aromatic rings. The summed E-state index contributed by atoms with van der Waals surface area (Å²) in [6.45, 7) is 1.84. The maximum atomic E-state index is 9.14. The van der Waals surface area contributed by atoms with Gasteiger partial charge in [-0.2, -0.15) is 5.26 Å². The minimum atomic E-state index is 0.536. The molecule has 0 amide bonds. The van der Waals surface area contributed by atoms with E-state index in [0.29, 0.717) is 17.3 Å². The van der Waals surface area contributed by atoms with Gasteiger partial charge in [-0.3, -0.25) is 0 Å². The molecule has 0 unspecified atom stereocenters. The van der Waals surface area contributed by atoms with Crippen molar-refractivity contribution in [2.45, 2.75) is 25.7 Å². The molecular formula is C11H10N4. The lowest BCUT2D eigenvalue weighted by Crippen LogP contribution is -1.87. The SMILES string of the molecule is Cc1ncc2[nH]c(C3CC3)c(C#N)c2n1. The van der Waals surface area contributed by atoms with Crippen LogP contribution in [-0.4, -0.2) is 15.0 Å². The second-order valence-electron chi connectivity index (χ2n) is 3.98. The minimum Gasteiger partial charge on any atom is -0.354 e. The van der Waals surface area contributed by atoms with Gasteiger partial charge in [0.15, 0.2) is 0 Å². The van der Waals surface area contributed by atoms with Gasteiger partial charge in [0.2, 0.25) is 0 Å². The molecule has 0 saturated heterocycles. The first-order valence-electron chi connectivity index (χ1n) is 5.05. The molecule has 1 aliphatic carbocycles. The van der Waals surface area contributed by atoms with Crippen molar-refractivity contribution in [2.24, 2.45) is 0 Å². The summed E-state index contributed by atoms with van der Waals surface area (Å²) in [5.41, 5.74) is 3.40. The molecule has 0 spiro atoms. The number of H-pyrrole nitrogens is 1. The lowest BCUT2D eigenvalue weighted by Gasteiger charge is -1.91. The van der Waals surface area contributed by atoms with Crippen LogP contribution >= 0.6 is 0 Å². The number of nitrogens with one attached hydrogen (secondary N) is 1. The number of hydrogen-bond donors (Lipinski definition) is 1. The molecule has 0 atom stereocenters. The average molecular weight is 198 g/mol. The molecule has 3 rings (SSSR count). The van der Waals surface area contributed by atoms with Crippen molar-refractivity contribution >= 4 is 11.0 Å². The van der Waals surface area contributed by atoms with Gasteiger partial charge in [0.1, 0.15) is 17.4 Å². The molecule has 0 radical (unpaired) electrons. The third kappa shape index (κ3) is 1.20. The second kappa shape index (κ2) is 2.80. The summed E-state index contributed by atoms with van der Waals surface area (Å²) in [6, 6.07) is 2.25. The van der Waals surface area contributed by atoms with E-state index < -0.39 is 0 Å². The van der Waals surface area contributed by atoms with Crippen molar-refractivity contribution in [1.29, 1.82) is 5.26 Å². The van der Waals surface area contributed by atoms with E-state index in [-0.39, 0.29) is 0 Å². The zero-order chi connectivity index (χ0) is 10.4. The fourth-order valence-corrected chi connectivity index (χ4v) is 1.88. The van der Waals surface area contributed by atoms with Gasteiger partial charge in [-0.05, 0) is 19.8 Å². The predicted octanol–water partition coefficient (Wildman–Crippen LogP) is 2.02. The monoisotopic (exact) mass is 198 g/mol. The highest BCUT2D eigenvalue weighted by atomic mass is 14.9. The molecule has 4 heteroatoms. The fraction of sp³-hybridized carbons (Fsp3) is 0.364. The van der Waals surface area contributed by atoms with Crippen LogP contribution < -0.4 is 0 Å². The van der Waals surface area contributed by atoms with Crippen LogP contribution in [0.5, 0.6) is 0 Å². The topological polar surface area (TPSA) is 65.4 Å². The number of aromatic amines is 1. The highest BCUT2D eigenvalue weighted by Crippen LogP contribution is 2.42. The van der Waals surface area contributed by atoms with Gasteiger partial charge in [0, 0.05) is 11.6 Å². The molecule has 15 heavy (non-hydrogen) atoms. The molecule has 2 aromatic heterocycles. The summed E-state index contributed by atoms with van der Waals surface area (Å²) < 4.78 is 0. The first-order valence-corrected chi connectivity index (χ1v) is 5.05. The Morgan fingerprint density at radius 2 is 2.33 bits per heavy atom. The summed E-state index contributed by atoms with van der Waals surface area (Å²) in [4.78, 5) is 11.7. The zero-order valence-electron chi connectivity index (χ0n) is 8.41. The Kier molecular flexibility index (Phi) is 1.57. The van der Waals surface area contributed by atoms with Crippen LogP contribution in [0.25, 0.3) is 11.0 Å². The number of aryl methyl sites for hydroxylation is 1. The van der Waals surface area contributed by atoms with E-state index in [4.69, 9.17) is 5.26 Å². The Balaban J connectivity index is 2.34. The van der Waals surface area contributed by atoms with Gasteiger partial charge < -0.3 is 4.98 Å². The number of nitrogens with zero attached hydrogens (tertiary/aromatic N) is 3. The molecule has 0 aromatic carbocycles. The minimum absolute atomic E-state index is 0.536. The predicted molar refractivity (Wildman–Crippen MR) is 55.3 cm³/mol. The normalized spacial score (nSPS) is 15.5. The molecule has 1 aliphatic rings. The van der Waals surface area contributed by atoms with Gasteiger partial charge in [-0.1, -0.05) is 0 Å². The van der Waals surface area contributed by atoms with Gasteiger partial charge in [0.05, 0.1) is 17.3 Å². The van der Waals surface area contributed by atoms with Crippen LogP contribution in [0.15, 0.2) is 6.20 Å². The van der Waals surface area contributed by atoms with Crippen LogP contribution in [0.3, 0.4) is 0 Å². The quantitative estimate of drug-likeness (QED) is 0.762. The molecule has 2 heterocycles. The fourth-order valence-electron chi connectivity index (χ4n) is 1.88. The average Bonchev–Trinajstić information content (AvgIpc) is 3.00. The van der Waals surface area contributed by atoms with Crippen LogP contribution in [0.1, 0.15) is 35.8 Å². The lowest BCUT2D eigenvalue weighted by molar-refractivity contribution is 1.05. The Labute approximate surface area is 87.0 Å². The van der Waals surface area contributed by atoms with Gasteiger partial charge in [0.25, 0.3) is 0 Å². The standard InChI is InChI=1S/C11H10N4/c1-6-13-5-9-11(14-6)8(4-12)10(15-9)7-2-3-7/h5,7,15H,2-3H2,1H3. The lowest BCUT2D eigenvalue weighted by atomic mass is 10.2. The molecule has 1 saturated carbocycles. The van der Waals surface area contributed by atoms with Gasteiger partial charge in [-0.25, -0.2) is 9.97 Å². The molecule has 0 bridgehead atoms. The van der Waals surface area contributed by atoms with Crippen LogP contribution in [-0.2, 0) is 0 Å². The van der Waals surface area contributed by atoms with E-state index in [1.807, 2.05) is 6.92 Å². The largest absolute Gasteiger partial charge is 0.354 e.